The number of rotatable bonds is 10. The maximum Gasteiger partial charge on any atom is 0.0700 e. The largest absolute Gasteiger partial charge is 0.382 e. The molecular formula is C13H29NO2. The number of nitrogens with one attached hydrogen (secondary N) is 1. The summed E-state index contributed by atoms with van der Waals surface area (Å²) >= 11 is 0. The van der Waals surface area contributed by atoms with Gasteiger partial charge in [-0.05, 0) is 24.3 Å². The van der Waals surface area contributed by atoms with Gasteiger partial charge in [-0.1, -0.05) is 27.7 Å². The first kappa shape index (κ1) is 15.9. The highest BCUT2D eigenvalue weighted by atomic mass is 16.5. The van der Waals surface area contributed by atoms with Gasteiger partial charge < -0.3 is 14.8 Å². The third-order valence-corrected chi connectivity index (χ3v) is 2.51. The summed E-state index contributed by atoms with van der Waals surface area (Å²) in [4.78, 5) is 0. The van der Waals surface area contributed by atoms with Crippen LogP contribution in [0, 0.1) is 11.3 Å². The molecule has 0 bridgehead atoms. The van der Waals surface area contributed by atoms with Crippen molar-refractivity contribution in [1.29, 1.82) is 0 Å². The van der Waals surface area contributed by atoms with Gasteiger partial charge in [0.2, 0.25) is 0 Å². The maximum absolute atomic E-state index is 5.48. The fraction of sp³-hybridized carbons (Fsp3) is 1.00. The van der Waals surface area contributed by atoms with Gasteiger partial charge in [0.05, 0.1) is 13.2 Å². The molecule has 3 nitrogen and oxygen atoms in total. The van der Waals surface area contributed by atoms with E-state index in [4.69, 9.17) is 9.47 Å². The normalized spacial score (nSPS) is 12.4. The quantitative estimate of drug-likeness (QED) is 0.585. The van der Waals surface area contributed by atoms with Gasteiger partial charge in [0.25, 0.3) is 0 Å². The van der Waals surface area contributed by atoms with Crippen molar-refractivity contribution in [1.82, 2.24) is 5.32 Å². The molecule has 98 valence electrons. The van der Waals surface area contributed by atoms with Gasteiger partial charge in [0, 0.05) is 20.3 Å². The topological polar surface area (TPSA) is 30.5 Å². The minimum Gasteiger partial charge on any atom is -0.382 e. The van der Waals surface area contributed by atoms with E-state index in [0.29, 0.717) is 24.5 Å². The molecular weight excluding hydrogens is 202 g/mol. The molecule has 0 aromatic rings. The Morgan fingerprint density at radius 3 is 2.38 bits per heavy atom. The second-order valence-electron chi connectivity index (χ2n) is 5.54. The van der Waals surface area contributed by atoms with Crippen molar-refractivity contribution in [3.8, 4) is 0 Å². The van der Waals surface area contributed by atoms with E-state index >= 15 is 0 Å². The second kappa shape index (κ2) is 8.97. The SMILES string of the molecule is COCCOCCC(C)(C)CNCC(C)C. The summed E-state index contributed by atoms with van der Waals surface area (Å²) in [5.74, 6) is 0.716. The van der Waals surface area contributed by atoms with Crippen LogP contribution < -0.4 is 5.32 Å². The molecule has 0 radical (unpaired) electrons. The minimum absolute atomic E-state index is 0.308. The molecule has 0 aliphatic heterocycles. The van der Waals surface area contributed by atoms with E-state index < -0.39 is 0 Å². The fourth-order valence-corrected chi connectivity index (χ4v) is 1.38. The molecule has 16 heavy (non-hydrogen) atoms. The number of methoxy groups -OCH3 is 1. The molecule has 0 spiro atoms. The monoisotopic (exact) mass is 231 g/mol. The van der Waals surface area contributed by atoms with Crippen LogP contribution in [0.4, 0.5) is 0 Å². The summed E-state index contributed by atoms with van der Waals surface area (Å²) < 4.78 is 10.4. The van der Waals surface area contributed by atoms with Crippen LogP contribution in [0.2, 0.25) is 0 Å². The Bertz CT molecular complexity index is 158. The van der Waals surface area contributed by atoms with Crippen molar-refractivity contribution < 1.29 is 9.47 Å². The van der Waals surface area contributed by atoms with Gasteiger partial charge in [-0.3, -0.25) is 0 Å². The lowest BCUT2D eigenvalue weighted by Gasteiger charge is -2.25. The summed E-state index contributed by atoms with van der Waals surface area (Å²) in [6.45, 7) is 13.4. The van der Waals surface area contributed by atoms with Gasteiger partial charge in [-0.2, -0.15) is 0 Å². The summed E-state index contributed by atoms with van der Waals surface area (Å²) in [7, 11) is 1.70. The first-order valence-corrected chi connectivity index (χ1v) is 6.25. The predicted molar refractivity (Wildman–Crippen MR) is 68.8 cm³/mol. The fourth-order valence-electron chi connectivity index (χ4n) is 1.38. The van der Waals surface area contributed by atoms with Crippen LogP contribution in [0.5, 0.6) is 0 Å². The Morgan fingerprint density at radius 1 is 1.12 bits per heavy atom. The number of ether oxygens (including phenoxy) is 2. The third-order valence-electron chi connectivity index (χ3n) is 2.51. The van der Waals surface area contributed by atoms with Crippen molar-refractivity contribution in [2.75, 3.05) is 40.0 Å². The van der Waals surface area contributed by atoms with Crippen molar-refractivity contribution in [2.45, 2.75) is 34.1 Å². The highest BCUT2D eigenvalue weighted by Gasteiger charge is 2.16. The van der Waals surface area contributed by atoms with E-state index in [9.17, 15) is 0 Å². The first-order valence-electron chi connectivity index (χ1n) is 6.25. The average molecular weight is 231 g/mol. The molecule has 1 N–H and O–H groups in total. The average Bonchev–Trinajstić information content (AvgIpc) is 2.16. The molecule has 0 saturated carbocycles. The highest BCUT2D eigenvalue weighted by Crippen LogP contribution is 2.18. The number of hydrogen-bond acceptors (Lipinski definition) is 3. The van der Waals surface area contributed by atoms with E-state index in [0.717, 1.165) is 26.1 Å². The van der Waals surface area contributed by atoms with Crippen LogP contribution in [0.1, 0.15) is 34.1 Å². The summed E-state index contributed by atoms with van der Waals surface area (Å²) in [5.41, 5.74) is 0.308. The standard InChI is InChI=1S/C13H29NO2/c1-12(2)10-14-11-13(3,4)6-7-16-9-8-15-5/h12,14H,6-11H2,1-5H3. The van der Waals surface area contributed by atoms with E-state index in [1.807, 2.05) is 0 Å². The van der Waals surface area contributed by atoms with Gasteiger partial charge in [0.1, 0.15) is 0 Å². The molecule has 0 aliphatic rings. The van der Waals surface area contributed by atoms with Crippen molar-refractivity contribution in [3.05, 3.63) is 0 Å². The molecule has 3 heteroatoms. The summed E-state index contributed by atoms with van der Waals surface area (Å²) in [5, 5.41) is 3.50. The van der Waals surface area contributed by atoms with Gasteiger partial charge >= 0.3 is 0 Å². The summed E-state index contributed by atoms with van der Waals surface area (Å²) in [6.07, 6.45) is 1.09. The smallest absolute Gasteiger partial charge is 0.0700 e. The molecule has 0 unspecified atom stereocenters. The van der Waals surface area contributed by atoms with E-state index in [1.54, 1.807) is 7.11 Å². The van der Waals surface area contributed by atoms with Crippen LogP contribution >= 0.6 is 0 Å². The predicted octanol–water partition coefficient (Wildman–Crippen LogP) is 2.31. The van der Waals surface area contributed by atoms with Gasteiger partial charge in [-0.15, -0.1) is 0 Å². The minimum atomic E-state index is 0.308. The van der Waals surface area contributed by atoms with Crippen LogP contribution in [-0.2, 0) is 9.47 Å². The van der Waals surface area contributed by atoms with Gasteiger partial charge in [-0.25, -0.2) is 0 Å². The Hall–Kier alpha value is -0.120. The molecule has 0 heterocycles. The first-order chi connectivity index (χ1) is 7.48. The van der Waals surface area contributed by atoms with E-state index in [-0.39, 0.29) is 0 Å². The highest BCUT2D eigenvalue weighted by molar-refractivity contribution is 4.71. The van der Waals surface area contributed by atoms with Crippen molar-refractivity contribution >= 4 is 0 Å². The van der Waals surface area contributed by atoms with Crippen LogP contribution in [0.3, 0.4) is 0 Å². The Balaban J connectivity index is 3.46. The maximum atomic E-state index is 5.48. The zero-order valence-corrected chi connectivity index (χ0v) is 11.6. The molecule has 0 aromatic carbocycles. The van der Waals surface area contributed by atoms with Crippen molar-refractivity contribution in [3.63, 3.8) is 0 Å². The third kappa shape index (κ3) is 10.4. The molecule has 0 atom stereocenters. The van der Waals surface area contributed by atoms with Crippen LogP contribution in [0.25, 0.3) is 0 Å². The summed E-state index contributed by atoms with van der Waals surface area (Å²) in [6, 6.07) is 0. The lowest BCUT2D eigenvalue weighted by molar-refractivity contribution is 0.0558. The lowest BCUT2D eigenvalue weighted by atomic mass is 9.89. The molecule has 0 amide bonds. The molecule has 0 fully saturated rings. The zero-order chi connectivity index (χ0) is 12.4. The zero-order valence-electron chi connectivity index (χ0n) is 11.6. The molecule has 0 rings (SSSR count). The Morgan fingerprint density at radius 2 is 1.81 bits per heavy atom. The lowest BCUT2D eigenvalue weighted by Crippen LogP contribution is -2.32. The Labute approximate surface area is 101 Å². The molecule has 0 aromatic heterocycles. The van der Waals surface area contributed by atoms with Crippen LogP contribution in [0.15, 0.2) is 0 Å². The molecule has 0 saturated heterocycles. The van der Waals surface area contributed by atoms with Crippen LogP contribution in [-0.4, -0.2) is 40.0 Å². The second-order valence-corrected chi connectivity index (χ2v) is 5.54. The van der Waals surface area contributed by atoms with E-state index in [2.05, 4.69) is 33.0 Å². The van der Waals surface area contributed by atoms with Gasteiger partial charge in [0.15, 0.2) is 0 Å². The number of hydrogen-bond donors (Lipinski definition) is 1. The molecule has 0 aliphatic carbocycles. The van der Waals surface area contributed by atoms with Crippen molar-refractivity contribution in [2.24, 2.45) is 11.3 Å². The van der Waals surface area contributed by atoms with E-state index in [1.165, 1.54) is 0 Å². The Kier molecular flexibility index (Phi) is 8.90.